The van der Waals surface area contributed by atoms with Crippen molar-refractivity contribution in [2.75, 3.05) is 13.2 Å². The van der Waals surface area contributed by atoms with E-state index in [1.165, 1.54) is 5.69 Å². The van der Waals surface area contributed by atoms with E-state index in [2.05, 4.69) is 15.3 Å². The molecule has 0 radical (unpaired) electrons. The Hall–Kier alpha value is -2.53. The van der Waals surface area contributed by atoms with Gasteiger partial charge in [-0.15, -0.1) is 0 Å². The Bertz CT molecular complexity index is 789. The molecule has 3 heterocycles. The number of furan rings is 1. The van der Waals surface area contributed by atoms with Crippen LogP contribution in [-0.2, 0) is 6.42 Å². The van der Waals surface area contributed by atoms with Crippen LogP contribution in [0.3, 0.4) is 0 Å². The lowest BCUT2D eigenvalue weighted by Crippen LogP contribution is -2.30. The molecule has 3 aromatic rings. The fourth-order valence-corrected chi connectivity index (χ4v) is 3.00. The zero-order chi connectivity index (χ0) is 15.6. The highest BCUT2D eigenvalue weighted by Crippen LogP contribution is 2.31. The van der Waals surface area contributed by atoms with E-state index in [-0.39, 0.29) is 6.04 Å². The van der Waals surface area contributed by atoms with Gasteiger partial charge in [0.25, 0.3) is 0 Å². The van der Waals surface area contributed by atoms with Crippen molar-refractivity contribution in [2.24, 2.45) is 0 Å². The SMILES string of the molecule is CCOc1ccc(-c2ccc([C@H]3NCCc4[nH]cnc43)o2)cc1. The first-order valence-electron chi connectivity index (χ1n) is 7.93. The first kappa shape index (κ1) is 14.1. The Kier molecular flexibility index (Phi) is 3.63. The summed E-state index contributed by atoms with van der Waals surface area (Å²) in [6.07, 6.45) is 2.72. The summed E-state index contributed by atoms with van der Waals surface area (Å²) in [6, 6.07) is 12.0. The number of benzene rings is 1. The molecule has 0 aliphatic carbocycles. The van der Waals surface area contributed by atoms with Crippen LogP contribution in [0.1, 0.15) is 30.1 Å². The van der Waals surface area contributed by atoms with Crippen molar-refractivity contribution in [1.29, 1.82) is 0 Å². The number of imidazole rings is 1. The van der Waals surface area contributed by atoms with E-state index in [0.717, 1.165) is 41.5 Å². The van der Waals surface area contributed by atoms with Crippen LogP contribution in [0.5, 0.6) is 5.75 Å². The van der Waals surface area contributed by atoms with Crippen LogP contribution in [0.15, 0.2) is 47.1 Å². The molecule has 1 atom stereocenters. The van der Waals surface area contributed by atoms with Gasteiger partial charge in [-0.3, -0.25) is 0 Å². The maximum absolute atomic E-state index is 6.08. The summed E-state index contributed by atoms with van der Waals surface area (Å²) in [5, 5.41) is 3.47. The number of nitrogens with one attached hydrogen (secondary N) is 2. The van der Waals surface area contributed by atoms with Crippen LogP contribution in [0, 0.1) is 0 Å². The van der Waals surface area contributed by atoms with Crippen molar-refractivity contribution < 1.29 is 9.15 Å². The molecule has 118 valence electrons. The fourth-order valence-electron chi connectivity index (χ4n) is 3.00. The van der Waals surface area contributed by atoms with E-state index < -0.39 is 0 Å². The first-order chi connectivity index (χ1) is 11.3. The van der Waals surface area contributed by atoms with Gasteiger partial charge in [0.05, 0.1) is 18.6 Å². The number of H-pyrrole nitrogens is 1. The van der Waals surface area contributed by atoms with Gasteiger partial charge in [0, 0.05) is 24.2 Å². The molecule has 4 rings (SSSR count). The topological polar surface area (TPSA) is 63.1 Å². The number of aromatic amines is 1. The molecule has 1 aliphatic heterocycles. The van der Waals surface area contributed by atoms with Crippen LogP contribution in [-0.4, -0.2) is 23.1 Å². The number of hydrogen-bond donors (Lipinski definition) is 2. The zero-order valence-corrected chi connectivity index (χ0v) is 13.0. The van der Waals surface area contributed by atoms with E-state index >= 15 is 0 Å². The third-order valence-electron chi connectivity index (χ3n) is 4.11. The van der Waals surface area contributed by atoms with Gasteiger partial charge < -0.3 is 19.5 Å². The lowest BCUT2D eigenvalue weighted by atomic mass is 10.0. The number of nitrogens with zero attached hydrogens (tertiary/aromatic N) is 1. The normalized spacial score (nSPS) is 17.0. The van der Waals surface area contributed by atoms with E-state index in [0.29, 0.717) is 6.61 Å². The predicted molar refractivity (Wildman–Crippen MR) is 87.5 cm³/mol. The predicted octanol–water partition coefficient (Wildman–Crippen LogP) is 3.30. The maximum atomic E-state index is 6.08. The van der Waals surface area contributed by atoms with Crippen molar-refractivity contribution >= 4 is 0 Å². The van der Waals surface area contributed by atoms with E-state index in [4.69, 9.17) is 9.15 Å². The molecule has 0 saturated carbocycles. The van der Waals surface area contributed by atoms with Gasteiger partial charge in [-0.25, -0.2) is 4.98 Å². The molecule has 0 bridgehead atoms. The second-order valence-electron chi connectivity index (χ2n) is 5.56. The minimum Gasteiger partial charge on any atom is -0.494 e. The molecule has 0 fully saturated rings. The van der Waals surface area contributed by atoms with Gasteiger partial charge in [-0.2, -0.15) is 0 Å². The molecule has 0 amide bonds. The van der Waals surface area contributed by atoms with E-state index in [9.17, 15) is 0 Å². The van der Waals surface area contributed by atoms with Gasteiger partial charge in [-0.1, -0.05) is 0 Å². The lowest BCUT2D eigenvalue weighted by Gasteiger charge is -2.21. The quantitative estimate of drug-likeness (QED) is 0.776. The van der Waals surface area contributed by atoms with Crippen molar-refractivity contribution in [3.05, 3.63) is 59.9 Å². The average Bonchev–Trinajstić information content (AvgIpc) is 3.25. The number of ether oxygens (including phenoxy) is 1. The molecule has 0 spiro atoms. The van der Waals surface area contributed by atoms with Crippen LogP contribution in [0.25, 0.3) is 11.3 Å². The summed E-state index contributed by atoms with van der Waals surface area (Å²) in [4.78, 5) is 7.64. The summed E-state index contributed by atoms with van der Waals surface area (Å²) >= 11 is 0. The van der Waals surface area contributed by atoms with Crippen LogP contribution >= 0.6 is 0 Å². The van der Waals surface area contributed by atoms with Crippen molar-refractivity contribution in [3.63, 3.8) is 0 Å². The highest BCUT2D eigenvalue weighted by Gasteiger charge is 2.26. The Morgan fingerprint density at radius 3 is 2.91 bits per heavy atom. The summed E-state index contributed by atoms with van der Waals surface area (Å²) < 4.78 is 11.6. The molecule has 0 unspecified atom stereocenters. The standard InChI is InChI=1S/C18H19N3O2/c1-2-22-13-5-3-12(4-6-13)15-7-8-16(23-15)18-17-14(9-10-19-18)20-11-21-17/h3-8,11,18-19H,2,9-10H2,1H3,(H,20,21)/t18-/m1/s1. The number of rotatable bonds is 4. The summed E-state index contributed by atoms with van der Waals surface area (Å²) in [5.74, 6) is 2.62. The number of hydrogen-bond acceptors (Lipinski definition) is 4. The largest absolute Gasteiger partial charge is 0.494 e. The molecule has 5 heteroatoms. The number of aromatic nitrogens is 2. The van der Waals surface area contributed by atoms with Gasteiger partial charge in [0.2, 0.25) is 0 Å². The monoisotopic (exact) mass is 309 g/mol. The minimum absolute atomic E-state index is 0.0152. The van der Waals surface area contributed by atoms with Gasteiger partial charge in [-0.05, 0) is 43.3 Å². The molecule has 5 nitrogen and oxygen atoms in total. The summed E-state index contributed by atoms with van der Waals surface area (Å²) in [6.45, 7) is 3.57. The van der Waals surface area contributed by atoms with Crippen molar-refractivity contribution in [1.82, 2.24) is 15.3 Å². The second-order valence-corrected chi connectivity index (χ2v) is 5.56. The first-order valence-corrected chi connectivity index (χ1v) is 7.93. The average molecular weight is 309 g/mol. The molecular weight excluding hydrogens is 290 g/mol. The Labute approximate surface area is 134 Å². The summed E-state index contributed by atoms with van der Waals surface area (Å²) in [7, 11) is 0. The highest BCUT2D eigenvalue weighted by molar-refractivity contribution is 5.59. The van der Waals surface area contributed by atoms with Crippen molar-refractivity contribution in [2.45, 2.75) is 19.4 Å². The zero-order valence-electron chi connectivity index (χ0n) is 13.0. The maximum Gasteiger partial charge on any atom is 0.134 e. The Balaban J connectivity index is 1.60. The lowest BCUT2D eigenvalue weighted by molar-refractivity contribution is 0.340. The van der Waals surface area contributed by atoms with Gasteiger partial charge >= 0.3 is 0 Å². The molecule has 23 heavy (non-hydrogen) atoms. The van der Waals surface area contributed by atoms with E-state index in [1.807, 2.05) is 43.3 Å². The molecule has 2 aromatic heterocycles. The third-order valence-corrected chi connectivity index (χ3v) is 4.11. The number of fused-ring (bicyclic) bond motifs is 1. The molecule has 1 aromatic carbocycles. The van der Waals surface area contributed by atoms with Crippen LogP contribution < -0.4 is 10.1 Å². The van der Waals surface area contributed by atoms with Gasteiger partial charge in [0.15, 0.2) is 0 Å². The minimum atomic E-state index is 0.0152. The molecule has 0 saturated heterocycles. The molecule has 2 N–H and O–H groups in total. The summed E-state index contributed by atoms with van der Waals surface area (Å²) in [5.41, 5.74) is 3.26. The van der Waals surface area contributed by atoms with Crippen LogP contribution in [0.2, 0.25) is 0 Å². The Morgan fingerprint density at radius 2 is 2.09 bits per heavy atom. The third kappa shape index (κ3) is 2.64. The molecular formula is C18H19N3O2. The molecule has 1 aliphatic rings. The van der Waals surface area contributed by atoms with Crippen molar-refractivity contribution in [3.8, 4) is 17.1 Å². The Morgan fingerprint density at radius 1 is 1.22 bits per heavy atom. The smallest absolute Gasteiger partial charge is 0.134 e. The van der Waals surface area contributed by atoms with Gasteiger partial charge in [0.1, 0.15) is 23.3 Å². The highest BCUT2D eigenvalue weighted by atomic mass is 16.5. The second kappa shape index (κ2) is 5.93. The fraction of sp³-hybridized carbons (Fsp3) is 0.278. The van der Waals surface area contributed by atoms with Crippen LogP contribution in [0.4, 0.5) is 0 Å². The van der Waals surface area contributed by atoms with E-state index in [1.54, 1.807) is 6.33 Å².